The van der Waals surface area contributed by atoms with Crippen LogP contribution in [0.1, 0.15) is 12.5 Å². The van der Waals surface area contributed by atoms with Gasteiger partial charge in [-0.3, -0.25) is 9.59 Å². The molecule has 0 bridgehead atoms. The van der Waals surface area contributed by atoms with E-state index in [4.69, 9.17) is 0 Å². The van der Waals surface area contributed by atoms with Crippen molar-refractivity contribution >= 4 is 28.4 Å². The van der Waals surface area contributed by atoms with Crippen LogP contribution in [0, 0.1) is 0 Å². The highest BCUT2D eigenvalue weighted by atomic mass is 16.3. The number of phenolic OH excluding ortho intramolecular Hbond substituents is 1. The topological polar surface area (TPSA) is 83.4 Å². The molecule has 6 heteroatoms. The van der Waals surface area contributed by atoms with Gasteiger partial charge in [-0.25, -0.2) is 0 Å². The first kappa shape index (κ1) is 17.5. The molecule has 3 N–H and O–H groups in total. The molecular weight excluding hydrogens is 330 g/mol. The van der Waals surface area contributed by atoms with Gasteiger partial charge < -0.3 is 20.3 Å². The van der Waals surface area contributed by atoms with E-state index in [-0.39, 0.29) is 24.1 Å². The van der Waals surface area contributed by atoms with Crippen LogP contribution in [-0.2, 0) is 22.6 Å². The number of nitrogens with one attached hydrogen (secondary N) is 2. The summed E-state index contributed by atoms with van der Waals surface area (Å²) in [5.41, 5.74) is 2.68. The van der Waals surface area contributed by atoms with E-state index < -0.39 is 0 Å². The SMILES string of the molecule is CC(=O)Nc1cccc2c1ccn2CC(=O)NCCc1ccc(O)cc1. The summed E-state index contributed by atoms with van der Waals surface area (Å²) < 4.78 is 1.86. The van der Waals surface area contributed by atoms with Gasteiger partial charge in [-0.2, -0.15) is 0 Å². The number of aromatic nitrogens is 1. The minimum Gasteiger partial charge on any atom is -0.508 e. The van der Waals surface area contributed by atoms with Crippen LogP contribution in [0.15, 0.2) is 54.7 Å². The smallest absolute Gasteiger partial charge is 0.239 e. The molecule has 26 heavy (non-hydrogen) atoms. The number of carbonyl (C=O) groups excluding carboxylic acids is 2. The van der Waals surface area contributed by atoms with Gasteiger partial charge in [0.15, 0.2) is 0 Å². The zero-order valence-electron chi connectivity index (χ0n) is 14.5. The van der Waals surface area contributed by atoms with Gasteiger partial charge in [0.25, 0.3) is 0 Å². The lowest BCUT2D eigenvalue weighted by Crippen LogP contribution is -2.29. The third-order valence-electron chi connectivity index (χ3n) is 4.11. The van der Waals surface area contributed by atoms with E-state index in [0.717, 1.165) is 22.2 Å². The van der Waals surface area contributed by atoms with Crippen molar-refractivity contribution in [1.29, 1.82) is 0 Å². The van der Waals surface area contributed by atoms with Gasteiger partial charge in [0, 0.05) is 25.1 Å². The molecule has 0 aliphatic heterocycles. The minimum atomic E-state index is -0.128. The maximum Gasteiger partial charge on any atom is 0.239 e. The lowest BCUT2D eigenvalue weighted by atomic mass is 10.1. The second kappa shape index (κ2) is 7.74. The zero-order valence-corrected chi connectivity index (χ0v) is 14.5. The third-order valence-corrected chi connectivity index (χ3v) is 4.11. The lowest BCUT2D eigenvalue weighted by molar-refractivity contribution is -0.121. The van der Waals surface area contributed by atoms with Crippen molar-refractivity contribution in [2.75, 3.05) is 11.9 Å². The summed E-state index contributed by atoms with van der Waals surface area (Å²) in [5, 5.41) is 15.9. The standard InChI is InChI=1S/C20H21N3O3/c1-14(24)22-18-3-2-4-19-17(18)10-12-23(19)13-20(26)21-11-9-15-5-7-16(25)8-6-15/h2-8,10,12,25H,9,11,13H2,1H3,(H,21,26)(H,22,24). The van der Waals surface area contributed by atoms with Gasteiger partial charge in [0.1, 0.15) is 12.3 Å². The molecule has 1 heterocycles. The van der Waals surface area contributed by atoms with Crippen molar-refractivity contribution in [1.82, 2.24) is 9.88 Å². The molecule has 0 saturated carbocycles. The van der Waals surface area contributed by atoms with Gasteiger partial charge in [-0.1, -0.05) is 18.2 Å². The lowest BCUT2D eigenvalue weighted by Gasteiger charge is -2.09. The first-order valence-corrected chi connectivity index (χ1v) is 8.43. The zero-order chi connectivity index (χ0) is 18.5. The number of hydrogen-bond acceptors (Lipinski definition) is 3. The van der Waals surface area contributed by atoms with Crippen LogP contribution in [0.5, 0.6) is 5.75 Å². The molecule has 0 saturated heterocycles. The molecule has 0 aliphatic rings. The van der Waals surface area contributed by atoms with E-state index >= 15 is 0 Å². The molecule has 2 aromatic carbocycles. The van der Waals surface area contributed by atoms with Gasteiger partial charge in [-0.15, -0.1) is 0 Å². The largest absolute Gasteiger partial charge is 0.508 e. The second-order valence-electron chi connectivity index (χ2n) is 6.13. The fourth-order valence-corrected chi connectivity index (χ4v) is 2.88. The number of anilines is 1. The molecule has 3 rings (SSSR count). The summed E-state index contributed by atoms with van der Waals surface area (Å²) in [5.74, 6) is 0.0272. The molecule has 0 atom stereocenters. The van der Waals surface area contributed by atoms with Gasteiger partial charge in [0.05, 0.1) is 11.2 Å². The average molecular weight is 351 g/mol. The molecule has 0 fully saturated rings. The van der Waals surface area contributed by atoms with Gasteiger partial charge >= 0.3 is 0 Å². The van der Waals surface area contributed by atoms with Crippen molar-refractivity contribution in [3.05, 3.63) is 60.3 Å². The molecule has 6 nitrogen and oxygen atoms in total. The maximum absolute atomic E-state index is 12.2. The summed E-state index contributed by atoms with van der Waals surface area (Å²) >= 11 is 0. The molecule has 0 aliphatic carbocycles. The minimum absolute atomic E-state index is 0.0776. The van der Waals surface area contributed by atoms with E-state index in [2.05, 4.69) is 10.6 Å². The van der Waals surface area contributed by atoms with Crippen molar-refractivity contribution in [2.24, 2.45) is 0 Å². The number of phenols is 1. The Kier molecular flexibility index (Phi) is 5.22. The van der Waals surface area contributed by atoms with E-state index in [0.29, 0.717) is 13.0 Å². The van der Waals surface area contributed by atoms with Crippen LogP contribution in [-0.4, -0.2) is 28.0 Å². The average Bonchev–Trinajstić information content (AvgIpc) is 3.00. The molecular formula is C20H21N3O3. The fraction of sp³-hybridized carbons (Fsp3) is 0.200. The van der Waals surface area contributed by atoms with Gasteiger partial charge in [0.2, 0.25) is 11.8 Å². The highest BCUT2D eigenvalue weighted by Gasteiger charge is 2.09. The Balaban J connectivity index is 1.60. The Morgan fingerprint density at radius 3 is 2.58 bits per heavy atom. The van der Waals surface area contributed by atoms with Crippen LogP contribution < -0.4 is 10.6 Å². The van der Waals surface area contributed by atoms with Crippen molar-refractivity contribution in [2.45, 2.75) is 19.9 Å². The Labute approximate surface area is 151 Å². The fourth-order valence-electron chi connectivity index (χ4n) is 2.88. The van der Waals surface area contributed by atoms with Crippen molar-refractivity contribution < 1.29 is 14.7 Å². The van der Waals surface area contributed by atoms with Crippen LogP contribution >= 0.6 is 0 Å². The summed E-state index contributed by atoms with van der Waals surface area (Å²) in [6.07, 6.45) is 2.54. The number of fused-ring (bicyclic) bond motifs is 1. The number of amides is 2. The number of carbonyl (C=O) groups is 2. The van der Waals surface area contributed by atoms with Crippen LogP contribution in [0.4, 0.5) is 5.69 Å². The highest BCUT2D eigenvalue weighted by molar-refractivity contribution is 6.01. The monoisotopic (exact) mass is 351 g/mol. The quantitative estimate of drug-likeness (QED) is 0.638. The Hall–Kier alpha value is -3.28. The number of hydrogen-bond donors (Lipinski definition) is 3. The first-order valence-electron chi connectivity index (χ1n) is 8.43. The van der Waals surface area contributed by atoms with Crippen LogP contribution in [0.2, 0.25) is 0 Å². The Morgan fingerprint density at radius 2 is 1.85 bits per heavy atom. The number of nitrogens with zero attached hydrogens (tertiary/aromatic N) is 1. The molecule has 0 spiro atoms. The number of benzene rings is 2. The van der Waals surface area contributed by atoms with E-state index in [9.17, 15) is 14.7 Å². The summed E-state index contributed by atoms with van der Waals surface area (Å²) in [6, 6.07) is 14.5. The number of rotatable bonds is 6. The highest BCUT2D eigenvalue weighted by Crippen LogP contribution is 2.24. The molecule has 0 radical (unpaired) electrons. The van der Waals surface area contributed by atoms with Crippen LogP contribution in [0.25, 0.3) is 10.9 Å². The molecule has 0 unspecified atom stereocenters. The predicted molar refractivity (Wildman–Crippen MR) is 101 cm³/mol. The molecule has 1 aromatic heterocycles. The summed E-state index contributed by atoms with van der Waals surface area (Å²) in [4.78, 5) is 23.5. The third kappa shape index (κ3) is 4.22. The van der Waals surface area contributed by atoms with E-state index in [1.54, 1.807) is 12.1 Å². The molecule has 134 valence electrons. The Bertz CT molecular complexity index is 929. The second-order valence-corrected chi connectivity index (χ2v) is 6.13. The first-order chi connectivity index (χ1) is 12.5. The van der Waals surface area contributed by atoms with Crippen molar-refractivity contribution in [3.8, 4) is 5.75 Å². The van der Waals surface area contributed by atoms with E-state index in [1.165, 1.54) is 6.92 Å². The van der Waals surface area contributed by atoms with E-state index in [1.807, 2.05) is 47.2 Å². The Morgan fingerprint density at radius 1 is 1.08 bits per heavy atom. The molecule has 3 aromatic rings. The maximum atomic E-state index is 12.2. The van der Waals surface area contributed by atoms with Gasteiger partial charge in [-0.05, 0) is 42.3 Å². The predicted octanol–water partition coefficient (Wildman–Crippen LogP) is 2.66. The van der Waals surface area contributed by atoms with Crippen molar-refractivity contribution in [3.63, 3.8) is 0 Å². The van der Waals surface area contributed by atoms with Crippen LogP contribution in [0.3, 0.4) is 0 Å². The number of aromatic hydroxyl groups is 1. The summed E-state index contributed by atoms with van der Waals surface area (Å²) in [7, 11) is 0. The molecule has 2 amide bonds. The summed E-state index contributed by atoms with van der Waals surface area (Å²) in [6.45, 7) is 2.21. The normalized spacial score (nSPS) is 10.7.